The highest BCUT2D eigenvalue weighted by molar-refractivity contribution is 5.67. The minimum absolute atomic E-state index is 0.149. The van der Waals surface area contributed by atoms with Crippen LogP contribution in [0.5, 0.6) is 0 Å². The number of nitrogens with two attached hydrogens (primary N) is 1. The average molecular weight is 370 g/mol. The predicted molar refractivity (Wildman–Crippen MR) is 98.0 cm³/mol. The molecule has 26 heavy (non-hydrogen) atoms. The van der Waals surface area contributed by atoms with Crippen LogP contribution in [-0.4, -0.2) is 35.9 Å². The van der Waals surface area contributed by atoms with Gasteiger partial charge in [0.1, 0.15) is 6.10 Å². The first kappa shape index (κ1) is 21.2. The number of amides is 1. The summed E-state index contributed by atoms with van der Waals surface area (Å²) in [6.45, 7) is 11.8. The summed E-state index contributed by atoms with van der Waals surface area (Å²) in [6.07, 6.45) is 5.56. The van der Waals surface area contributed by atoms with Crippen molar-refractivity contribution < 1.29 is 24.0 Å². The van der Waals surface area contributed by atoms with Gasteiger partial charge in [0, 0.05) is 30.8 Å². The molecule has 4 unspecified atom stereocenters. The first-order valence-corrected chi connectivity index (χ1v) is 9.53. The summed E-state index contributed by atoms with van der Waals surface area (Å²) in [7, 11) is 0. The molecule has 4 atom stereocenters. The van der Waals surface area contributed by atoms with E-state index in [1.54, 1.807) is 0 Å². The quantitative estimate of drug-likeness (QED) is 0.527. The van der Waals surface area contributed by atoms with E-state index >= 15 is 0 Å². The first-order chi connectivity index (χ1) is 12.1. The van der Waals surface area contributed by atoms with E-state index in [1.165, 1.54) is 0 Å². The van der Waals surface area contributed by atoms with E-state index in [-0.39, 0.29) is 12.0 Å². The highest BCUT2D eigenvalue weighted by Crippen LogP contribution is 2.47. The molecule has 2 fully saturated rings. The van der Waals surface area contributed by atoms with Gasteiger partial charge in [-0.05, 0) is 46.5 Å². The number of ether oxygens (including phenoxy) is 2. The number of carbonyl (C=O) groups is 1. The van der Waals surface area contributed by atoms with Gasteiger partial charge in [0.05, 0.1) is 0 Å². The number of carbonyl (C=O) groups excluding carboxylic acids is 1. The fourth-order valence-corrected chi connectivity index (χ4v) is 3.58. The second kappa shape index (κ2) is 8.25. The van der Waals surface area contributed by atoms with Crippen LogP contribution in [0.4, 0.5) is 4.79 Å². The zero-order chi connectivity index (χ0) is 19.4. The van der Waals surface area contributed by atoms with E-state index in [0.717, 1.165) is 25.7 Å². The Balaban J connectivity index is 1.93. The Morgan fingerprint density at radius 1 is 1.50 bits per heavy atom. The predicted octanol–water partition coefficient (Wildman–Crippen LogP) is 3.39. The smallest absolute Gasteiger partial charge is 0.407 e. The molecule has 2 rings (SSSR count). The topological polar surface area (TPSA) is 92.0 Å². The monoisotopic (exact) mass is 370 g/mol. The molecular formula is C19H34N2O5. The molecule has 7 heteroatoms. The van der Waals surface area contributed by atoms with Crippen LogP contribution in [0.2, 0.25) is 0 Å². The van der Waals surface area contributed by atoms with E-state index in [2.05, 4.69) is 18.8 Å². The van der Waals surface area contributed by atoms with Crippen LogP contribution >= 0.6 is 0 Å². The van der Waals surface area contributed by atoms with Crippen molar-refractivity contribution in [3.8, 4) is 0 Å². The summed E-state index contributed by atoms with van der Waals surface area (Å²) in [5, 5.41) is 2.70. The second-order valence-electron chi connectivity index (χ2n) is 8.29. The van der Waals surface area contributed by atoms with Crippen LogP contribution in [0.25, 0.3) is 0 Å². The summed E-state index contributed by atoms with van der Waals surface area (Å²) in [5.74, 6) is -1.54. The Hall–Kier alpha value is -1.15. The van der Waals surface area contributed by atoms with Gasteiger partial charge in [0.2, 0.25) is 11.6 Å². The molecule has 3 N–H and O–H groups in total. The van der Waals surface area contributed by atoms with E-state index in [9.17, 15) is 4.79 Å². The SMILES string of the molecule is C=CCC(CC)C1(C)OOC2(CCCC(OC(=O)NCC(C)(C)N)C2)O1. The van der Waals surface area contributed by atoms with Crippen molar-refractivity contribution in [3.05, 3.63) is 12.7 Å². The molecular weight excluding hydrogens is 336 g/mol. The molecule has 0 aromatic rings. The molecule has 7 nitrogen and oxygen atoms in total. The van der Waals surface area contributed by atoms with Crippen LogP contribution < -0.4 is 11.1 Å². The Morgan fingerprint density at radius 2 is 2.23 bits per heavy atom. The number of hydrogen-bond acceptors (Lipinski definition) is 6. The molecule has 150 valence electrons. The van der Waals surface area contributed by atoms with Crippen molar-refractivity contribution >= 4 is 6.09 Å². The maximum Gasteiger partial charge on any atom is 0.407 e. The molecule has 2 aliphatic rings. The maximum absolute atomic E-state index is 12.0. The molecule has 1 saturated carbocycles. The third-order valence-corrected chi connectivity index (χ3v) is 5.02. The van der Waals surface area contributed by atoms with Crippen LogP contribution in [0.15, 0.2) is 12.7 Å². The molecule has 1 amide bonds. The van der Waals surface area contributed by atoms with Gasteiger partial charge >= 0.3 is 6.09 Å². The van der Waals surface area contributed by atoms with E-state index in [4.69, 9.17) is 25.0 Å². The molecule has 1 aliphatic heterocycles. The van der Waals surface area contributed by atoms with Gasteiger partial charge in [0.15, 0.2) is 0 Å². The largest absolute Gasteiger partial charge is 0.446 e. The lowest BCUT2D eigenvalue weighted by molar-refractivity contribution is -0.361. The van der Waals surface area contributed by atoms with Crippen LogP contribution in [-0.2, 0) is 19.2 Å². The molecule has 0 aromatic carbocycles. The molecule has 0 bridgehead atoms. The highest BCUT2D eigenvalue weighted by Gasteiger charge is 2.55. The van der Waals surface area contributed by atoms with Crippen LogP contribution in [0.1, 0.15) is 66.2 Å². The Labute approximate surface area is 156 Å². The summed E-state index contributed by atoms with van der Waals surface area (Å²) >= 11 is 0. The van der Waals surface area contributed by atoms with Crippen molar-refractivity contribution in [3.63, 3.8) is 0 Å². The lowest BCUT2D eigenvalue weighted by Gasteiger charge is -2.36. The number of hydrogen-bond donors (Lipinski definition) is 2. The maximum atomic E-state index is 12.0. The fraction of sp³-hybridized carbons (Fsp3) is 0.842. The number of rotatable bonds is 7. The van der Waals surface area contributed by atoms with Gasteiger partial charge in [0.25, 0.3) is 0 Å². The Kier molecular flexibility index (Phi) is 6.71. The fourth-order valence-electron chi connectivity index (χ4n) is 3.58. The van der Waals surface area contributed by atoms with Gasteiger partial charge < -0.3 is 20.5 Å². The molecule has 1 heterocycles. The number of allylic oxidation sites excluding steroid dienone is 1. The molecule has 1 spiro atoms. The summed E-state index contributed by atoms with van der Waals surface area (Å²) < 4.78 is 11.8. The summed E-state index contributed by atoms with van der Waals surface area (Å²) in [4.78, 5) is 23.3. The Bertz CT molecular complexity index is 507. The lowest BCUT2D eigenvalue weighted by Crippen LogP contribution is -2.47. The van der Waals surface area contributed by atoms with Crippen molar-refractivity contribution in [1.82, 2.24) is 5.32 Å². The van der Waals surface area contributed by atoms with Crippen LogP contribution in [0.3, 0.4) is 0 Å². The van der Waals surface area contributed by atoms with Gasteiger partial charge in [-0.3, -0.25) is 0 Å². The lowest BCUT2D eigenvalue weighted by atomic mass is 9.89. The summed E-state index contributed by atoms with van der Waals surface area (Å²) in [5.41, 5.74) is 5.39. The standard InChI is InChI=1S/C19H34N2O5/c1-6-9-14(7-2)18(5)24-19(26-25-18)11-8-10-15(12-19)23-16(22)21-13-17(3,4)20/h6,14-15H,1,7-13,20H2,2-5H3,(H,21,22). The van der Waals surface area contributed by atoms with Crippen molar-refractivity contribution in [2.24, 2.45) is 11.7 Å². The van der Waals surface area contributed by atoms with Gasteiger partial charge in [-0.1, -0.05) is 13.0 Å². The minimum atomic E-state index is -0.861. The van der Waals surface area contributed by atoms with Gasteiger partial charge in [-0.25, -0.2) is 4.79 Å². The molecule has 1 aliphatic carbocycles. The van der Waals surface area contributed by atoms with E-state index in [1.807, 2.05) is 26.8 Å². The molecule has 0 radical (unpaired) electrons. The van der Waals surface area contributed by atoms with Crippen molar-refractivity contribution in [1.29, 1.82) is 0 Å². The zero-order valence-electron chi connectivity index (χ0n) is 16.5. The Morgan fingerprint density at radius 3 is 2.85 bits per heavy atom. The molecule has 1 saturated heterocycles. The summed E-state index contributed by atoms with van der Waals surface area (Å²) in [6, 6.07) is 0. The zero-order valence-corrected chi connectivity index (χ0v) is 16.5. The van der Waals surface area contributed by atoms with Crippen LogP contribution in [0, 0.1) is 5.92 Å². The number of alkyl carbamates (subject to hydrolysis) is 1. The second-order valence-corrected chi connectivity index (χ2v) is 8.29. The average Bonchev–Trinajstić information content (AvgIpc) is 2.87. The first-order valence-electron chi connectivity index (χ1n) is 9.53. The third-order valence-electron chi connectivity index (χ3n) is 5.02. The van der Waals surface area contributed by atoms with Crippen molar-refractivity contribution in [2.45, 2.75) is 89.4 Å². The van der Waals surface area contributed by atoms with Crippen molar-refractivity contribution in [2.75, 3.05) is 6.54 Å². The van der Waals surface area contributed by atoms with E-state index < -0.39 is 23.2 Å². The van der Waals surface area contributed by atoms with E-state index in [0.29, 0.717) is 19.4 Å². The minimum Gasteiger partial charge on any atom is -0.446 e. The molecule has 0 aromatic heterocycles. The normalized spacial score (nSPS) is 33.0. The third kappa shape index (κ3) is 5.42. The van der Waals surface area contributed by atoms with Gasteiger partial charge in [-0.15, -0.1) is 6.58 Å². The van der Waals surface area contributed by atoms with Gasteiger partial charge in [-0.2, -0.15) is 9.78 Å². The number of nitrogens with one attached hydrogen (secondary N) is 1. The highest BCUT2D eigenvalue weighted by atomic mass is 17.3.